The number of carbonyl (C=O) groups excluding carboxylic acids is 2. The molecular formula is C10H19NO4. The van der Waals surface area contributed by atoms with Gasteiger partial charge in [-0.3, -0.25) is 9.59 Å². The highest BCUT2D eigenvalue weighted by atomic mass is 16.6. The van der Waals surface area contributed by atoms with Crippen LogP contribution in [-0.4, -0.2) is 30.2 Å². The first kappa shape index (κ1) is 13.9. The molecule has 0 aliphatic carbocycles. The number of nitrogens with two attached hydrogens (primary N) is 1. The highest BCUT2D eigenvalue weighted by molar-refractivity contribution is 5.76. The molecule has 0 radical (unpaired) electrons. The van der Waals surface area contributed by atoms with Crippen LogP contribution in [-0.2, 0) is 19.1 Å². The molecule has 88 valence electrons. The molecule has 0 spiro atoms. The van der Waals surface area contributed by atoms with Crippen molar-refractivity contribution < 1.29 is 19.1 Å². The standard InChI is InChI=1S/C10H19NO4/c1-5-8(12)14-6-7(11)9(13)15-10(2,3)4/h7H,5-6,11H2,1-4H3. The van der Waals surface area contributed by atoms with Crippen molar-refractivity contribution in [1.82, 2.24) is 0 Å². The summed E-state index contributed by atoms with van der Waals surface area (Å²) in [5, 5.41) is 0. The topological polar surface area (TPSA) is 78.6 Å². The van der Waals surface area contributed by atoms with E-state index in [1.807, 2.05) is 0 Å². The van der Waals surface area contributed by atoms with Crippen molar-refractivity contribution in [3.63, 3.8) is 0 Å². The zero-order chi connectivity index (χ0) is 12.1. The summed E-state index contributed by atoms with van der Waals surface area (Å²) in [6.45, 7) is 6.77. The maximum absolute atomic E-state index is 11.3. The van der Waals surface area contributed by atoms with Crippen molar-refractivity contribution >= 4 is 11.9 Å². The Bertz CT molecular complexity index is 232. The van der Waals surface area contributed by atoms with E-state index in [0.29, 0.717) is 0 Å². The van der Waals surface area contributed by atoms with E-state index in [1.165, 1.54) is 0 Å². The molecule has 0 saturated heterocycles. The lowest BCUT2D eigenvalue weighted by Gasteiger charge is -2.21. The molecule has 1 unspecified atom stereocenters. The predicted octanol–water partition coefficient (Wildman–Crippen LogP) is 0.609. The van der Waals surface area contributed by atoms with Gasteiger partial charge in [0.2, 0.25) is 0 Å². The van der Waals surface area contributed by atoms with Gasteiger partial charge in [-0.05, 0) is 20.8 Å². The van der Waals surface area contributed by atoms with Crippen LogP contribution in [0.1, 0.15) is 34.1 Å². The van der Waals surface area contributed by atoms with Gasteiger partial charge in [-0.1, -0.05) is 6.92 Å². The lowest BCUT2D eigenvalue weighted by molar-refractivity contribution is -0.159. The fourth-order valence-electron chi connectivity index (χ4n) is 0.730. The van der Waals surface area contributed by atoms with E-state index in [1.54, 1.807) is 27.7 Å². The molecule has 0 aromatic heterocycles. The molecule has 0 rings (SSSR count). The largest absolute Gasteiger partial charge is 0.463 e. The van der Waals surface area contributed by atoms with Crippen LogP contribution in [0.15, 0.2) is 0 Å². The second-order valence-electron chi connectivity index (χ2n) is 4.18. The van der Waals surface area contributed by atoms with E-state index in [2.05, 4.69) is 0 Å². The van der Waals surface area contributed by atoms with Crippen LogP contribution in [0.4, 0.5) is 0 Å². The second kappa shape index (κ2) is 5.70. The van der Waals surface area contributed by atoms with Crippen LogP contribution in [0.2, 0.25) is 0 Å². The Morgan fingerprint density at radius 3 is 2.27 bits per heavy atom. The summed E-state index contributed by atoms with van der Waals surface area (Å²) < 4.78 is 9.73. The molecule has 0 fully saturated rings. The van der Waals surface area contributed by atoms with Gasteiger partial charge in [0.05, 0.1) is 0 Å². The van der Waals surface area contributed by atoms with Gasteiger partial charge in [-0.2, -0.15) is 0 Å². The van der Waals surface area contributed by atoms with Crippen LogP contribution in [0.3, 0.4) is 0 Å². The summed E-state index contributed by atoms with van der Waals surface area (Å²) in [5.74, 6) is -0.944. The molecule has 0 heterocycles. The van der Waals surface area contributed by atoms with Gasteiger partial charge in [-0.15, -0.1) is 0 Å². The van der Waals surface area contributed by atoms with Gasteiger partial charge < -0.3 is 15.2 Å². The Morgan fingerprint density at radius 2 is 1.87 bits per heavy atom. The average molecular weight is 217 g/mol. The Balaban J connectivity index is 3.95. The minimum Gasteiger partial charge on any atom is -0.463 e. The summed E-state index contributed by atoms with van der Waals surface area (Å²) in [6.07, 6.45) is 0.265. The monoisotopic (exact) mass is 217 g/mol. The summed E-state index contributed by atoms with van der Waals surface area (Å²) >= 11 is 0. The zero-order valence-electron chi connectivity index (χ0n) is 9.70. The molecule has 2 N–H and O–H groups in total. The average Bonchev–Trinajstić information content (AvgIpc) is 2.10. The maximum atomic E-state index is 11.3. The number of ether oxygens (including phenoxy) is 2. The molecule has 0 bridgehead atoms. The fraction of sp³-hybridized carbons (Fsp3) is 0.800. The fourth-order valence-corrected chi connectivity index (χ4v) is 0.730. The maximum Gasteiger partial charge on any atom is 0.326 e. The lowest BCUT2D eigenvalue weighted by atomic mass is 10.2. The van der Waals surface area contributed by atoms with E-state index in [4.69, 9.17) is 15.2 Å². The third-order valence-electron chi connectivity index (χ3n) is 1.42. The number of hydrogen-bond donors (Lipinski definition) is 1. The predicted molar refractivity (Wildman–Crippen MR) is 55.1 cm³/mol. The highest BCUT2D eigenvalue weighted by Crippen LogP contribution is 2.07. The third kappa shape index (κ3) is 6.90. The number of rotatable bonds is 4. The van der Waals surface area contributed by atoms with E-state index >= 15 is 0 Å². The Labute approximate surface area is 89.9 Å². The van der Waals surface area contributed by atoms with Crippen molar-refractivity contribution in [3.05, 3.63) is 0 Å². The Kier molecular flexibility index (Phi) is 5.28. The molecule has 0 aliphatic heterocycles. The van der Waals surface area contributed by atoms with Crippen LogP contribution in [0, 0.1) is 0 Å². The van der Waals surface area contributed by atoms with Crippen molar-refractivity contribution in [2.45, 2.75) is 45.8 Å². The van der Waals surface area contributed by atoms with E-state index in [-0.39, 0.29) is 19.0 Å². The Hall–Kier alpha value is -1.10. The molecule has 0 aliphatic rings. The van der Waals surface area contributed by atoms with Crippen molar-refractivity contribution in [3.8, 4) is 0 Å². The first-order valence-corrected chi connectivity index (χ1v) is 4.90. The van der Waals surface area contributed by atoms with E-state index < -0.39 is 17.6 Å². The first-order chi connectivity index (χ1) is 6.76. The van der Waals surface area contributed by atoms with Gasteiger partial charge in [0.15, 0.2) is 0 Å². The SMILES string of the molecule is CCC(=O)OCC(N)C(=O)OC(C)(C)C. The molecule has 1 atom stereocenters. The molecule has 5 heteroatoms. The van der Waals surface area contributed by atoms with E-state index in [0.717, 1.165) is 0 Å². The first-order valence-electron chi connectivity index (χ1n) is 4.90. The zero-order valence-corrected chi connectivity index (χ0v) is 9.70. The summed E-state index contributed by atoms with van der Waals surface area (Å²) in [4.78, 5) is 22.1. The number of hydrogen-bond acceptors (Lipinski definition) is 5. The minimum atomic E-state index is -0.917. The highest BCUT2D eigenvalue weighted by Gasteiger charge is 2.22. The van der Waals surface area contributed by atoms with Crippen LogP contribution >= 0.6 is 0 Å². The molecule has 0 aromatic rings. The molecule has 15 heavy (non-hydrogen) atoms. The van der Waals surface area contributed by atoms with Crippen molar-refractivity contribution in [2.24, 2.45) is 5.73 Å². The number of carbonyl (C=O) groups is 2. The van der Waals surface area contributed by atoms with Crippen LogP contribution < -0.4 is 5.73 Å². The summed E-state index contributed by atoms with van der Waals surface area (Å²) in [5.41, 5.74) is 4.90. The normalized spacial score (nSPS) is 13.1. The summed E-state index contributed by atoms with van der Waals surface area (Å²) in [6, 6.07) is -0.917. The quantitative estimate of drug-likeness (QED) is 0.698. The van der Waals surface area contributed by atoms with Crippen LogP contribution in [0.25, 0.3) is 0 Å². The Morgan fingerprint density at radius 1 is 1.33 bits per heavy atom. The molecule has 5 nitrogen and oxygen atoms in total. The van der Waals surface area contributed by atoms with Gasteiger partial charge in [0.25, 0.3) is 0 Å². The molecule has 0 amide bonds. The van der Waals surface area contributed by atoms with Crippen LogP contribution in [0.5, 0.6) is 0 Å². The van der Waals surface area contributed by atoms with E-state index in [9.17, 15) is 9.59 Å². The third-order valence-corrected chi connectivity index (χ3v) is 1.42. The van der Waals surface area contributed by atoms with Crippen molar-refractivity contribution in [1.29, 1.82) is 0 Å². The molecule has 0 saturated carbocycles. The molecule has 0 aromatic carbocycles. The van der Waals surface area contributed by atoms with Gasteiger partial charge >= 0.3 is 11.9 Å². The summed E-state index contributed by atoms with van der Waals surface area (Å²) in [7, 11) is 0. The smallest absolute Gasteiger partial charge is 0.326 e. The molecular weight excluding hydrogens is 198 g/mol. The number of esters is 2. The van der Waals surface area contributed by atoms with Gasteiger partial charge in [0, 0.05) is 6.42 Å². The minimum absolute atomic E-state index is 0.137. The second-order valence-corrected chi connectivity index (χ2v) is 4.18. The lowest BCUT2D eigenvalue weighted by Crippen LogP contribution is -2.41. The van der Waals surface area contributed by atoms with Crippen molar-refractivity contribution in [2.75, 3.05) is 6.61 Å². The van der Waals surface area contributed by atoms with Gasteiger partial charge in [0.1, 0.15) is 18.2 Å². The van der Waals surface area contributed by atoms with Gasteiger partial charge in [-0.25, -0.2) is 0 Å².